The third-order valence-corrected chi connectivity index (χ3v) is 3.62. The van der Waals surface area contributed by atoms with Crippen LogP contribution in [0.15, 0.2) is 18.2 Å². The molecule has 1 aliphatic rings. The molecule has 2 rings (SSSR count). The largest absolute Gasteiger partial charge is 0.362 e. The first-order valence-corrected chi connectivity index (χ1v) is 6.92. The second kappa shape index (κ2) is 6.21. The molecule has 0 radical (unpaired) electrons. The normalized spacial score (nSPS) is 18.5. The van der Waals surface area contributed by atoms with Gasteiger partial charge in [-0.15, -0.1) is 0 Å². The van der Waals surface area contributed by atoms with Crippen molar-refractivity contribution >= 4 is 23.0 Å². The third kappa shape index (κ3) is 3.16. The standard InChI is InChI=1S/C13H18ClN3O2/c1-2-7-16(11-5-6-15-9-11)12-4-3-10(14)8-13(12)17(18)19/h3-4,8,11,15H,2,5-7,9H2,1H3. The Morgan fingerprint density at radius 2 is 2.37 bits per heavy atom. The number of halogens is 1. The number of hydrogen-bond donors (Lipinski definition) is 1. The van der Waals surface area contributed by atoms with Gasteiger partial charge in [-0.3, -0.25) is 10.1 Å². The molecule has 1 unspecified atom stereocenters. The highest BCUT2D eigenvalue weighted by Gasteiger charge is 2.27. The first-order valence-electron chi connectivity index (χ1n) is 6.54. The Hall–Kier alpha value is -1.33. The van der Waals surface area contributed by atoms with Gasteiger partial charge in [0, 0.05) is 30.2 Å². The molecule has 1 aromatic rings. The number of hydrogen-bond acceptors (Lipinski definition) is 4. The molecule has 0 aromatic heterocycles. The lowest BCUT2D eigenvalue weighted by molar-refractivity contribution is -0.384. The van der Waals surface area contributed by atoms with Crippen LogP contribution >= 0.6 is 11.6 Å². The van der Waals surface area contributed by atoms with E-state index in [0.29, 0.717) is 16.8 Å². The maximum atomic E-state index is 11.2. The summed E-state index contributed by atoms with van der Waals surface area (Å²) in [6, 6.07) is 5.23. The zero-order chi connectivity index (χ0) is 13.8. The fourth-order valence-corrected chi connectivity index (χ4v) is 2.70. The van der Waals surface area contributed by atoms with E-state index in [-0.39, 0.29) is 10.6 Å². The predicted molar refractivity (Wildman–Crippen MR) is 77.0 cm³/mol. The van der Waals surface area contributed by atoms with Crippen LogP contribution in [0.2, 0.25) is 5.02 Å². The number of nitro benzene ring substituents is 1. The highest BCUT2D eigenvalue weighted by molar-refractivity contribution is 6.30. The van der Waals surface area contributed by atoms with Crippen LogP contribution in [0.4, 0.5) is 11.4 Å². The molecule has 1 heterocycles. The van der Waals surface area contributed by atoms with Gasteiger partial charge in [-0.1, -0.05) is 18.5 Å². The van der Waals surface area contributed by atoms with Crippen molar-refractivity contribution in [2.75, 3.05) is 24.5 Å². The van der Waals surface area contributed by atoms with Gasteiger partial charge in [-0.25, -0.2) is 0 Å². The van der Waals surface area contributed by atoms with E-state index < -0.39 is 0 Å². The van der Waals surface area contributed by atoms with Crippen molar-refractivity contribution in [2.45, 2.75) is 25.8 Å². The molecule has 1 N–H and O–H groups in total. The summed E-state index contributed by atoms with van der Waals surface area (Å²) in [5, 5.41) is 14.9. The van der Waals surface area contributed by atoms with Gasteiger partial charge < -0.3 is 10.2 Å². The molecule has 5 nitrogen and oxygen atoms in total. The lowest BCUT2D eigenvalue weighted by Crippen LogP contribution is -2.37. The smallest absolute Gasteiger partial charge is 0.294 e. The van der Waals surface area contributed by atoms with Crippen molar-refractivity contribution in [3.05, 3.63) is 33.3 Å². The first-order chi connectivity index (χ1) is 9.13. The van der Waals surface area contributed by atoms with Crippen molar-refractivity contribution in [1.29, 1.82) is 0 Å². The van der Waals surface area contributed by atoms with Crippen LogP contribution in [0.3, 0.4) is 0 Å². The lowest BCUT2D eigenvalue weighted by atomic mass is 10.1. The van der Waals surface area contributed by atoms with Gasteiger partial charge in [-0.05, 0) is 31.5 Å². The molecule has 1 aliphatic heterocycles. The van der Waals surface area contributed by atoms with E-state index in [1.807, 2.05) is 0 Å². The van der Waals surface area contributed by atoms with Crippen molar-refractivity contribution < 1.29 is 4.92 Å². The molecule has 0 bridgehead atoms. The van der Waals surface area contributed by atoms with Crippen molar-refractivity contribution in [1.82, 2.24) is 5.32 Å². The summed E-state index contributed by atoms with van der Waals surface area (Å²) in [5.41, 5.74) is 0.762. The Bertz CT molecular complexity index is 461. The molecule has 19 heavy (non-hydrogen) atoms. The lowest BCUT2D eigenvalue weighted by Gasteiger charge is -2.30. The zero-order valence-electron chi connectivity index (χ0n) is 10.9. The molecule has 1 saturated heterocycles. The van der Waals surface area contributed by atoms with Crippen LogP contribution < -0.4 is 10.2 Å². The van der Waals surface area contributed by atoms with E-state index in [4.69, 9.17) is 11.6 Å². The van der Waals surface area contributed by atoms with E-state index in [0.717, 1.165) is 32.5 Å². The molecule has 0 amide bonds. The van der Waals surface area contributed by atoms with Gasteiger partial charge in [0.15, 0.2) is 0 Å². The zero-order valence-corrected chi connectivity index (χ0v) is 11.7. The Balaban J connectivity index is 2.37. The minimum absolute atomic E-state index is 0.0906. The van der Waals surface area contributed by atoms with E-state index in [1.165, 1.54) is 6.07 Å². The van der Waals surface area contributed by atoms with Crippen LogP contribution in [0.25, 0.3) is 0 Å². The van der Waals surface area contributed by atoms with Crippen molar-refractivity contribution in [3.8, 4) is 0 Å². The summed E-state index contributed by atoms with van der Waals surface area (Å²) >= 11 is 5.87. The molecule has 0 spiro atoms. The molecule has 104 valence electrons. The summed E-state index contributed by atoms with van der Waals surface area (Å²) < 4.78 is 0. The molecule has 1 atom stereocenters. The number of anilines is 1. The van der Waals surface area contributed by atoms with E-state index >= 15 is 0 Å². The van der Waals surface area contributed by atoms with E-state index in [1.54, 1.807) is 12.1 Å². The highest BCUT2D eigenvalue weighted by atomic mass is 35.5. The highest BCUT2D eigenvalue weighted by Crippen LogP contribution is 2.33. The summed E-state index contributed by atoms with van der Waals surface area (Å²) in [6.45, 7) is 4.73. The summed E-state index contributed by atoms with van der Waals surface area (Å²) in [7, 11) is 0. The maximum absolute atomic E-state index is 11.2. The maximum Gasteiger partial charge on any atom is 0.294 e. The van der Waals surface area contributed by atoms with Crippen LogP contribution in [-0.4, -0.2) is 30.6 Å². The van der Waals surface area contributed by atoms with Gasteiger partial charge in [0.05, 0.1) is 4.92 Å². The number of nitrogens with one attached hydrogen (secondary N) is 1. The monoisotopic (exact) mass is 283 g/mol. The van der Waals surface area contributed by atoms with Gasteiger partial charge in [0.1, 0.15) is 5.69 Å². The second-order valence-electron chi connectivity index (χ2n) is 4.73. The molecule has 0 saturated carbocycles. The van der Waals surface area contributed by atoms with E-state index in [9.17, 15) is 10.1 Å². The number of benzene rings is 1. The topological polar surface area (TPSA) is 58.4 Å². The summed E-state index contributed by atoms with van der Waals surface area (Å²) in [6.07, 6.45) is 1.97. The van der Waals surface area contributed by atoms with Crippen molar-refractivity contribution in [3.63, 3.8) is 0 Å². The third-order valence-electron chi connectivity index (χ3n) is 3.38. The summed E-state index contributed by atoms with van der Waals surface area (Å²) in [5.74, 6) is 0. The second-order valence-corrected chi connectivity index (χ2v) is 5.17. The molecule has 0 aliphatic carbocycles. The minimum Gasteiger partial charge on any atom is -0.362 e. The fourth-order valence-electron chi connectivity index (χ4n) is 2.53. The van der Waals surface area contributed by atoms with Crippen LogP contribution in [0.1, 0.15) is 19.8 Å². The van der Waals surface area contributed by atoms with E-state index in [2.05, 4.69) is 17.1 Å². The Morgan fingerprint density at radius 1 is 1.58 bits per heavy atom. The Kier molecular flexibility index (Phi) is 4.61. The predicted octanol–water partition coefficient (Wildman–Crippen LogP) is 2.83. The van der Waals surface area contributed by atoms with Gasteiger partial charge in [0.25, 0.3) is 5.69 Å². The van der Waals surface area contributed by atoms with Gasteiger partial charge in [0.2, 0.25) is 0 Å². The minimum atomic E-state index is -0.355. The van der Waals surface area contributed by atoms with Crippen molar-refractivity contribution in [2.24, 2.45) is 0 Å². The quantitative estimate of drug-likeness (QED) is 0.667. The molecular weight excluding hydrogens is 266 g/mol. The van der Waals surface area contributed by atoms with Gasteiger partial charge in [-0.2, -0.15) is 0 Å². The molecule has 1 aromatic carbocycles. The molecule has 1 fully saturated rings. The van der Waals surface area contributed by atoms with Gasteiger partial charge >= 0.3 is 0 Å². The Morgan fingerprint density at radius 3 is 2.95 bits per heavy atom. The molecule has 6 heteroatoms. The average molecular weight is 284 g/mol. The van der Waals surface area contributed by atoms with Crippen LogP contribution in [0, 0.1) is 10.1 Å². The fraction of sp³-hybridized carbons (Fsp3) is 0.538. The first kappa shape index (κ1) is 14.1. The number of nitrogens with zero attached hydrogens (tertiary/aromatic N) is 2. The SMILES string of the molecule is CCCN(c1ccc(Cl)cc1[N+](=O)[O-])C1CCNC1. The van der Waals surface area contributed by atoms with Crippen LogP contribution in [0.5, 0.6) is 0 Å². The number of nitro groups is 1. The summed E-state index contributed by atoms with van der Waals surface area (Å²) in [4.78, 5) is 13.0. The van der Waals surface area contributed by atoms with Crippen LogP contribution in [-0.2, 0) is 0 Å². The molecular formula is C13H18ClN3O2. The number of rotatable bonds is 5. The average Bonchev–Trinajstić information content (AvgIpc) is 2.90. The Labute approximate surface area is 117 Å².